The smallest absolute Gasteiger partial charge is 0.171 e. The zero-order valence-corrected chi connectivity index (χ0v) is 11.8. The second kappa shape index (κ2) is 5.44. The van der Waals surface area contributed by atoms with Crippen LogP contribution >= 0.6 is 11.3 Å². The molecule has 18 heavy (non-hydrogen) atoms. The van der Waals surface area contributed by atoms with Crippen molar-refractivity contribution in [1.29, 1.82) is 0 Å². The number of thiazole rings is 1. The third-order valence-corrected chi connectivity index (χ3v) is 4.21. The standard InChI is InChI=1S/C15H17NOS/c1-4-12-5-7-13(8-6-12)9-14-16-10(2)15(18-14)11(3)17/h5-8H,4,9H2,1-3H3. The average Bonchev–Trinajstić information content (AvgIpc) is 2.71. The van der Waals surface area contributed by atoms with E-state index in [2.05, 4.69) is 36.2 Å². The predicted octanol–water partition coefficient (Wildman–Crippen LogP) is 3.81. The summed E-state index contributed by atoms with van der Waals surface area (Å²) in [7, 11) is 0. The highest BCUT2D eigenvalue weighted by atomic mass is 32.1. The third-order valence-electron chi connectivity index (χ3n) is 2.95. The lowest BCUT2D eigenvalue weighted by molar-refractivity contribution is 0.102. The summed E-state index contributed by atoms with van der Waals surface area (Å²) >= 11 is 1.51. The van der Waals surface area contributed by atoms with Crippen LogP contribution in [0.25, 0.3) is 0 Å². The highest BCUT2D eigenvalue weighted by molar-refractivity contribution is 7.13. The van der Waals surface area contributed by atoms with Crippen LogP contribution in [0, 0.1) is 6.92 Å². The number of hydrogen-bond donors (Lipinski definition) is 0. The van der Waals surface area contributed by atoms with Gasteiger partial charge in [0.2, 0.25) is 0 Å². The first kappa shape index (κ1) is 13.0. The van der Waals surface area contributed by atoms with Crippen LogP contribution in [-0.4, -0.2) is 10.8 Å². The largest absolute Gasteiger partial charge is 0.294 e. The number of rotatable bonds is 4. The summed E-state index contributed by atoms with van der Waals surface area (Å²) in [5.41, 5.74) is 3.45. The molecule has 0 amide bonds. The number of hydrogen-bond acceptors (Lipinski definition) is 3. The van der Waals surface area contributed by atoms with Crippen molar-refractivity contribution in [2.45, 2.75) is 33.6 Å². The molecule has 0 saturated heterocycles. The fourth-order valence-electron chi connectivity index (χ4n) is 1.92. The van der Waals surface area contributed by atoms with Crippen molar-refractivity contribution >= 4 is 17.1 Å². The van der Waals surface area contributed by atoms with Crippen LogP contribution in [0.15, 0.2) is 24.3 Å². The first-order valence-electron chi connectivity index (χ1n) is 6.15. The van der Waals surface area contributed by atoms with Gasteiger partial charge in [0.15, 0.2) is 5.78 Å². The van der Waals surface area contributed by atoms with E-state index in [4.69, 9.17) is 0 Å². The zero-order valence-electron chi connectivity index (χ0n) is 11.0. The van der Waals surface area contributed by atoms with Crippen LogP contribution in [0.4, 0.5) is 0 Å². The highest BCUT2D eigenvalue weighted by Gasteiger charge is 2.11. The van der Waals surface area contributed by atoms with Gasteiger partial charge in [-0.3, -0.25) is 4.79 Å². The topological polar surface area (TPSA) is 30.0 Å². The van der Waals surface area contributed by atoms with Gasteiger partial charge in [-0.1, -0.05) is 31.2 Å². The first-order chi connectivity index (χ1) is 8.60. The molecular weight excluding hydrogens is 242 g/mol. The lowest BCUT2D eigenvalue weighted by Crippen LogP contribution is -1.90. The van der Waals surface area contributed by atoms with Crippen LogP contribution in [0.2, 0.25) is 0 Å². The van der Waals surface area contributed by atoms with Gasteiger partial charge in [-0.2, -0.15) is 0 Å². The van der Waals surface area contributed by atoms with Gasteiger partial charge >= 0.3 is 0 Å². The van der Waals surface area contributed by atoms with E-state index in [9.17, 15) is 4.79 Å². The fraction of sp³-hybridized carbons (Fsp3) is 0.333. The Morgan fingerprint density at radius 2 is 1.83 bits per heavy atom. The van der Waals surface area contributed by atoms with Crippen molar-refractivity contribution in [3.63, 3.8) is 0 Å². The van der Waals surface area contributed by atoms with Gasteiger partial charge in [-0.15, -0.1) is 11.3 Å². The molecule has 0 aliphatic heterocycles. The molecular formula is C15H17NOS. The minimum Gasteiger partial charge on any atom is -0.294 e. The van der Waals surface area contributed by atoms with Gasteiger partial charge < -0.3 is 0 Å². The Morgan fingerprint density at radius 3 is 2.33 bits per heavy atom. The molecule has 0 spiro atoms. The van der Waals surface area contributed by atoms with E-state index in [1.165, 1.54) is 22.5 Å². The molecule has 1 heterocycles. The summed E-state index contributed by atoms with van der Waals surface area (Å²) in [5.74, 6) is 0.109. The van der Waals surface area contributed by atoms with E-state index in [-0.39, 0.29) is 5.78 Å². The van der Waals surface area contributed by atoms with E-state index >= 15 is 0 Å². The van der Waals surface area contributed by atoms with Crippen LogP contribution in [0.1, 0.15) is 45.3 Å². The monoisotopic (exact) mass is 259 g/mol. The predicted molar refractivity (Wildman–Crippen MR) is 75.5 cm³/mol. The SMILES string of the molecule is CCc1ccc(Cc2nc(C)c(C(C)=O)s2)cc1. The molecule has 2 aromatic rings. The van der Waals surface area contributed by atoms with E-state index < -0.39 is 0 Å². The van der Waals surface area contributed by atoms with Crippen LogP contribution in [0.3, 0.4) is 0 Å². The highest BCUT2D eigenvalue weighted by Crippen LogP contribution is 2.21. The van der Waals surface area contributed by atoms with E-state index in [1.54, 1.807) is 6.92 Å². The van der Waals surface area contributed by atoms with Crippen LogP contribution < -0.4 is 0 Å². The fourth-order valence-corrected chi connectivity index (χ4v) is 2.92. The zero-order chi connectivity index (χ0) is 13.1. The summed E-state index contributed by atoms with van der Waals surface area (Å²) in [4.78, 5) is 16.6. The Balaban J connectivity index is 2.18. The van der Waals surface area contributed by atoms with E-state index in [1.807, 2.05) is 6.92 Å². The number of carbonyl (C=O) groups is 1. The maximum atomic E-state index is 11.4. The van der Waals surface area contributed by atoms with Crippen LogP contribution in [0.5, 0.6) is 0 Å². The summed E-state index contributed by atoms with van der Waals surface area (Å²) in [6.07, 6.45) is 1.87. The van der Waals surface area contributed by atoms with Crippen molar-refractivity contribution in [2.24, 2.45) is 0 Å². The molecule has 0 bridgehead atoms. The number of aromatic nitrogens is 1. The molecule has 0 unspecified atom stereocenters. The second-order valence-corrected chi connectivity index (χ2v) is 5.51. The molecule has 0 saturated carbocycles. The molecule has 3 heteroatoms. The van der Waals surface area contributed by atoms with Gasteiger partial charge in [-0.25, -0.2) is 4.98 Å². The molecule has 0 N–H and O–H groups in total. The van der Waals surface area contributed by atoms with Crippen molar-refractivity contribution in [2.75, 3.05) is 0 Å². The molecule has 0 aliphatic rings. The number of aryl methyl sites for hydroxylation is 2. The minimum atomic E-state index is 0.109. The summed E-state index contributed by atoms with van der Waals surface area (Å²) in [5, 5.41) is 1.02. The Kier molecular flexibility index (Phi) is 3.92. The molecule has 1 aromatic heterocycles. The van der Waals surface area contributed by atoms with Gasteiger partial charge in [0.25, 0.3) is 0 Å². The molecule has 0 atom stereocenters. The Morgan fingerprint density at radius 1 is 1.22 bits per heavy atom. The maximum Gasteiger partial charge on any atom is 0.171 e. The summed E-state index contributed by atoms with van der Waals surface area (Å²) in [6, 6.07) is 8.59. The van der Waals surface area contributed by atoms with Gasteiger partial charge in [-0.05, 0) is 24.5 Å². The Labute approximate surface area is 112 Å². The summed E-state index contributed by atoms with van der Waals surface area (Å²) in [6.45, 7) is 5.65. The number of benzene rings is 1. The molecule has 0 aliphatic carbocycles. The maximum absolute atomic E-state index is 11.4. The lowest BCUT2D eigenvalue weighted by Gasteiger charge is -2.00. The lowest BCUT2D eigenvalue weighted by atomic mass is 10.1. The third kappa shape index (κ3) is 2.85. The molecule has 2 rings (SSSR count). The Hall–Kier alpha value is -1.48. The number of Topliss-reactive ketones (excluding diaryl/α,β-unsaturated/α-hetero) is 1. The molecule has 1 aromatic carbocycles. The van der Waals surface area contributed by atoms with Gasteiger partial charge in [0.05, 0.1) is 15.6 Å². The number of ketones is 1. The molecule has 94 valence electrons. The quantitative estimate of drug-likeness (QED) is 0.782. The van der Waals surface area contributed by atoms with E-state index in [0.29, 0.717) is 0 Å². The van der Waals surface area contributed by atoms with E-state index in [0.717, 1.165) is 28.4 Å². The van der Waals surface area contributed by atoms with Crippen molar-refractivity contribution in [3.8, 4) is 0 Å². The van der Waals surface area contributed by atoms with Crippen molar-refractivity contribution in [3.05, 3.63) is 51.0 Å². The normalized spacial score (nSPS) is 10.6. The van der Waals surface area contributed by atoms with Crippen molar-refractivity contribution < 1.29 is 4.79 Å². The number of carbonyl (C=O) groups excluding carboxylic acids is 1. The van der Waals surface area contributed by atoms with Gasteiger partial charge in [0.1, 0.15) is 0 Å². The Bertz CT molecular complexity index is 554. The molecule has 2 nitrogen and oxygen atoms in total. The van der Waals surface area contributed by atoms with Crippen molar-refractivity contribution in [1.82, 2.24) is 4.98 Å². The number of nitrogens with zero attached hydrogens (tertiary/aromatic N) is 1. The van der Waals surface area contributed by atoms with Crippen LogP contribution in [-0.2, 0) is 12.8 Å². The minimum absolute atomic E-state index is 0.109. The van der Waals surface area contributed by atoms with Gasteiger partial charge in [0, 0.05) is 13.3 Å². The summed E-state index contributed by atoms with van der Waals surface area (Å²) < 4.78 is 0. The second-order valence-electron chi connectivity index (χ2n) is 4.43. The first-order valence-corrected chi connectivity index (χ1v) is 6.97. The molecule has 0 fully saturated rings. The molecule has 0 radical (unpaired) electrons. The average molecular weight is 259 g/mol.